The summed E-state index contributed by atoms with van der Waals surface area (Å²) >= 11 is 0. The molecule has 0 radical (unpaired) electrons. The second-order valence-corrected chi connectivity index (χ2v) is 3.04. The van der Waals surface area contributed by atoms with E-state index >= 15 is 0 Å². The van der Waals surface area contributed by atoms with Crippen molar-refractivity contribution in [3.63, 3.8) is 0 Å². The van der Waals surface area contributed by atoms with Crippen molar-refractivity contribution >= 4 is 17.9 Å². The van der Waals surface area contributed by atoms with Gasteiger partial charge < -0.3 is 9.15 Å². The zero-order valence-corrected chi connectivity index (χ0v) is 9.47. The number of aromatic nitrogens is 2. The number of carbonyl (C=O) groups is 2. The molecule has 0 atom stereocenters. The van der Waals surface area contributed by atoms with Gasteiger partial charge in [-0.25, -0.2) is 4.79 Å². The van der Waals surface area contributed by atoms with Crippen LogP contribution in [0.25, 0.3) is 0 Å². The standard InChI is InChI=1S/C10H11N3O4/c1-4-5-6-7(14)13(2)10-12-11-8(17-10)9(15)16-3/h1H,5-6H2,2-3H3. The molecular formula is C10H11N3O4. The fourth-order valence-corrected chi connectivity index (χ4v) is 0.974. The van der Waals surface area contributed by atoms with Crippen LogP contribution in [0.2, 0.25) is 0 Å². The molecule has 0 spiro atoms. The number of esters is 1. The summed E-state index contributed by atoms with van der Waals surface area (Å²) in [7, 11) is 2.64. The van der Waals surface area contributed by atoms with E-state index in [0.29, 0.717) is 6.42 Å². The van der Waals surface area contributed by atoms with Crippen molar-refractivity contribution in [1.82, 2.24) is 10.2 Å². The third-order valence-electron chi connectivity index (χ3n) is 1.92. The van der Waals surface area contributed by atoms with Crippen molar-refractivity contribution in [2.24, 2.45) is 0 Å². The van der Waals surface area contributed by atoms with Crippen LogP contribution in [0.5, 0.6) is 0 Å². The molecule has 0 aliphatic carbocycles. The third kappa shape index (κ3) is 3.04. The van der Waals surface area contributed by atoms with E-state index in [1.807, 2.05) is 0 Å². The highest BCUT2D eigenvalue weighted by atomic mass is 16.5. The maximum Gasteiger partial charge on any atom is 0.396 e. The summed E-state index contributed by atoms with van der Waals surface area (Å²) in [5, 5.41) is 7.00. The van der Waals surface area contributed by atoms with Crippen molar-refractivity contribution in [1.29, 1.82) is 0 Å². The number of amides is 1. The van der Waals surface area contributed by atoms with E-state index in [2.05, 4.69) is 20.9 Å². The molecule has 0 aliphatic rings. The van der Waals surface area contributed by atoms with Gasteiger partial charge in [-0.2, -0.15) is 0 Å². The molecule has 1 rings (SSSR count). The Labute approximate surface area is 97.7 Å². The highest BCUT2D eigenvalue weighted by Crippen LogP contribution is 2.12. The van der Waals surface area contributed by atoms with Gasteiger partial charge in [-0.3, -0.25) is 9.69 Å². The van der Waals surface area contributed by atoms with Crippen molar-refractivity contribution in [3.8, 4) is 12.3 Å². The molecule has 1 heterocycles. The minimum atomic E-state index is -0.756. The van der Waals surface area contributed by atoms with Crippen LogP contribution in [0, 0.1) is 12.3 Å². The highest BCUT2D eigenvalue weighted by molar-refractivity contribution is 5.91. The van der Waals surface area contributed by atoms with Crippen LogP contribution in [0.1, 0.15) is 23.5 Å². The molecule has 0 fully saturated rings. The minimum Gasteiger partial charge on any atom is -0.462 e. The van der Waals surface area contributed by atoms with Gasteiger partial charge in [0.15, 0.2) is 0 Å². The van der Waals surface area contributed by atoms with E-state index in [1.54, 1.807) is 0 Å². The Morgan fingerprint density at radius 3 is 2.82 bits per heavy atom. The quantitative estimate of drug-likeness (QED) is 0.550. The van der Waals surface area contributed by atoms with Gasteiger partial charge in [0, 0.05) is 19.9 Å². The normalized spacial score (nSPS) is 9.47. The molecule has 0 aliphatic heterocycles. The number of ether oxygens (including phenoxy) is 1. The molecule has 90 valence electrons. The third-order valence-corrected chi connectivity index (χ3v) is 1.92. The fraction of sp³-hybridized carbons (Fsp3) is 0.400. The van der Waals surface area contributed by atoms with Crippen LogP contribution in [-0.4, -0.2) is 36.2 Å². The summed E-state index contributed by atoms with van der Waals surface area (Å²) in [6, 6.07) is -0.0765. The van der Waals surface area contributed by atoms with E-state index in [4.69, 9.17) is 10.8 Å². The van der Waals surface area contributed by atoms with Crippen molar-refractivity contribution in [2.45, 2.75) is 12.8 Å². The molecule has 1 amide bonds. The molecule has 7 heteroatoms. The second kappa shape index (κ2) is 5.65. The average Bonchev–Trinajstić information content (AvgIpc) is 2.83. The second-order valence-electron chi connectivity index (χ2n) is 3.04. The smallest absolute Gasteiger partial charge is 0.396 e. The topological polar surface area (TPSA) is 85.5 Å². The molecule has 1 aromatic heterocycles. The van der Waals surface area contributed by atoms with E-state index in [-0.39, 0.29) is 24.2 Å². The van der Waals surface area contributed by atoms with Gasteiger partial charge in [0.25, 0.3) is 0 Å². The summed E-state index contributed by atoms with van der Waals surface area (Å²) in [5.41, 5.74) is 0. The summed E-state index contributed by atoms with van der Waals surface area (Å²) < 4.78 is 9.35. The van der Waals surface area contributed by atoms with Crippen LogP contribution >= 0.6 is 0 Å². The van der Waals surface area contributed by atoms with Gasteiger partial charge in [-0.15, -0.1) is 12.3 Å². The van der Waals surface area contributed by atoms with E-state index in [1.165, 1.54) is 14.2 Å². The molecule has 0 aromatic carbocycles. The number of hydrogen-bond acceptors (Lipinski definition) is 6. The number of rotatable bonds is 4. The number of nitrogens with zero attached hydrogens (tertiary/aromatic N) is 3. The number of methoxy groups -OCH3 is 1. The van der Waals surface area contributed by atoms with Crippen molar-refractivity contribution < 1.29 is 18.7 Å². The Hall–Kier alpha value is -2.36. The Bertz CT molecular complexity index is 460. The van der Waals surface area contributed by atoms with Gasteiger partial charge in [0.2, 0.25) is 5.91 Å². The maximum atomic E-state index is 11.5. The Balaban J connectivity index is 2.73. The molecule has 0 unspecified atom stereocenters. The number of anilines is 1. The zero-order valence-electron chi connectivity index (χ0n) is 9.47. The van der Waals surface area contributed by atoms with Gasteiger partial charge in [-0.05, 0) is 0 Å². The summed E-state index contributed by atoms with van der Waals surface area (Å²) in [4.78, 5) is 23.7. The Kier molecular flexibility index (Phi) is 4.22. The molecule has 0 bridgehead atoms. The van der Waals surface area contributed by atoms with Crippen LogP contribution in [-0.2, 0) is 9.53 Å². The zero-order chi connectivity index (χ0) is 12.8. The SMILES string of the molecule is C#CCCC(=O)N(C)c1nnc(C(=O)OC)o1. The molecule has 0 N–H and O–H groups in total. The van der Waals surface area contributed by atoms with Gasteiger partial charge >= 0.3 is 17.9 Å². The summed E-state index contributed by atoms with van der Waals surface area (Å²) in [6.07, 6.45) is 5.53. The lowest BCUT2D eigenvalue weighted by Crippen LogP contribution is -2.26. The lowest BCUT2D eigenvalue weighted by Gasteiger charge is -2.10. The summed E-state index contributed by atoms with van der Waals surface area (Å²) in [5.74, 6) is 1.01. The first-order chi connectivity index (χ1) is 8.10. The minimum absolute atomic E-state index is 0.0765. The van der Waals surface area contributed by atoms with E-state index in [9.17, 15) is 9.59 Å². The molecule has 17 heavy (non-hydrogen) atoms. The van der Waals surface area contributed by atoms with Gasteiger partial charge in [-0.1, -0.05) is 10.2 Å². The molecule has 0 saturated carbocycles. The van der Waals surface area contributed by atoms with E-state index < -0.39 is 5.97 Å². The number of carbonyl (C=O) groups excluding carboxylic acids is 2. The molecule has 7 nitrogen and oxygen atoms in total. The van der Waals surface area contributed by atoms with Crippen LogP contribution in [0.4, 0.5) is 6.01 Å². The first kappa shape index (κ1) is 12.7. The predicted octanol–water partition coefficient (Wildman–Crippen LogP) is 0.232. The number of hydrogen-bond donors (Lipinski definition) is 0. The first-order valence-corrected chi connectivity index (χ1v) is 4.72. The lowest BCUT2D eigenvalue weighted by molar-refractivity contribution is -0.118. The first-order valence-electron chi connectivity index (χ1n) is 4.72. The fourth-order valence-electron chi connectivity index (χ4n) is 0.974. The average molecular weight is 237 g/mol. The predicted molar refractivity (Wildman–Crippen MR) is 57.1 cm³/mol. The lowest BCUT2D eigenvalue weighted by atomic mass is 10.3. The number of terminal acetylenes is 1. The highest BCUT2D eigenvalue weighted by Gasteiger charge is 2.20. The van der Waals surface area contributed by atoms with Crippen molar-refractivity contribution in [3.05, 3.63) is 5.89 Å². The van der Waals surface area contributed by atoms with Gasteiger partial charge in [0.05, 0.1) is 7.11 Å². The monoisotopic (exact) mass is 237 g/mol. The van der Waals surface area contributed by atoms with Crippen LogP contribution in [0.3, 0.4) is 0 Å². The Morgan fingerprint density at radius 1 is 1.53 bits per heavy atom. The van der Waals surface area contributed by atoms with Crippen molar-refractivity contribution in [2.75, 3.05) is 19.1 Å². The largest absolute Gasteiger partial charge is 0.462 e. The molecule has 1 aromatic rings. The molecular weight excluding hydrogens is 226 g/mol. The van der Waals surface area contributed by atoms with Crippen LogP contribution in [0.15, 0.2) is 4.42 Å². The summed E-state index contributed by atoms with van der Waals surface area (Å²) in [6.45, 7) is 0. The van der Waals surface area contributed by atoms with E-state index in [0.717, 1.165) is 4.90 Å². The Morgan fingerprint density at radius 2 is 2.24 bits per heavy atom. The van der Waals surface area contributed by atoms with Gasteiger partial charge in [0.1, 0.15) is 0 Å². The maximum absolute atomic E-state index is 11.5. The molecule has 0 saturated heterocycles. The van der Waals surface area contributed by atoms with Crippen LogP contribution < -0.4 is 4.90 Å².